The van der Waals surface area contributed by atoms with E-state index in [2.05, 4.69) is 15.6 Å². The van der Waals surface area contributed by atoms with E-state index in [1.807, 2.05) is 56.3 Å². The number of aryl methyl sites for hydroxylation is 1. The Balaban J connectivity index is 1.42. The summed E-state index contributed by atoms with van der Waals surface area (Å²) in [5, 5.41) is 5.53. The second-order valence-corrected chi connectivity index (χ2v) is 10.4. The number of ether oxygens (including phenoxy) is 2. The Morgan fingerprint density at radius 2 is 1.63 bits per heavy atom. The van der Waals surface area contributed by atoms with E-state index in [4.69, 9.17) is 9.47 Å². The molecule has 0 aliphatic heterocycles. The standard InChI is InChI=1S/C26H25N3O4S2/c1-15-5-8-18(9-6-15)27-24(30)16(2)34-26-29-20-11-10-19(14-23(20)35-26)28-25(31)17-7-12-21(32-3)22(13-17)33-4/h5-14,16H,1-4H3,(H,27,30)(H,28,31). The van der Waals surface area contributed by atoms with Crippen molar-refractivity contribution in [1.29, 1.82) is 0 Å². The third-order valence-corrected chi connectivity index (χ3v) is 7.45. The molecule has 2 amide bonds. The zero-order valence-corrected chi connectivity index (χ0v) is 21.4. The number of benzene rings is 3. The minimum Gasteiger partial charge on any atom is -0.493 e. The third kappa shape index (κ3) is 5.93. The van der Waals surface area contributed by atoms with Crippen molar-refractivity contribution in [2.24, 2.45) is 0 Å². The molecule has 0 aliphatic rings. The highest BCUT2D eigenvalue weighted by Gasteiger charge is 2.18. The molecule has 35 heavy (non-hydrogen) atoms. The predicted octanol–water partition coefficient (Wildman–Crippen LogP) is 5.99. The van der Waals surface area contributed by atoms with E-state index in [-0.39, 0.29) is 17.1 Å². The lowest BCUT2D eigenvalue weighted by Gasteiger charge is -2.10. The number of hydrogen-bond donors (Lipinski definition) is 2. The van der Waals surface area contributed by atoms with E-state index in [9.17, 15) is 9.59 Å². The number of nitrogens with one attached hydrogen (secondary N) is 2. The van der Waals surface area contributed by atoms with Crippen LogP contribution in [-0.4, -0.2) is 36.3 Å². The zero-order valence-electron chi connectivity index (χ0n) is 19.7. The molecular formula is C26H25N3O4S2. The third-order valence-electron chi connectivity index (χ3n) is 5.24. The SMILES string of the molecule is COc1ccc(C(=O)Nc2ccc3nc(SC(C)C(=O)Nc4ccc(C)cc4)sc3c2)cc1OC. The van der Waals surface area contributed by atoms with Crippen LogP contribution in [0.1, 0.15) is 22.8 Å². The number of anilines is 2. The lowest BCUT2D eigenvalue weighted by Crippen LogP contribution is -2.22. The van der Waals surface area contributed by atoms with Crippen LogP contribution < -0.4 is 20.1 Å². The van der Waals surface area contributed by atoms with E-state index in [0.717, 1.165) is 25.8 Å². The summed E-state index contributed by atoms with van der Waals surface area (Å²) in [4.78, 5) is 30.0. The first-order valence-electron chi connectivity index (χ1n) is 10.8. The van der Waals surface area contributed by atoms with Crippen LogP contribution in [0, 0.1) is 6.92 Å². The summed E-state index contributed by atoms with van der Waals surface area (Å²) in [5.41, 5.74) is 3.83. The summed E-state index contributed by atoms with van der Waals surface area (Å²) in [7, 11) is 3.07. The number of amides is 2. The fourth-order valence-corrected chi connectivity index (χ4v) is 5.55. The molecule has 4 rings (SSSR count). The lowest BCUT2D eigenvalue weighted by atomic mass is 10.2. The molecule has 1 heterocycles. The molecule has 1 unspecified atom stereocenters. The highest BCUT2D eigenvalue weighted by molar-refractivity contribution is 8.02. The van der Waals surface area contributed by atoms with Crippen LogP contribution >= 0.6 is 23.1 Å². The Labute approximate surface area is 211 Å². The molecule has 1 aromatic heterocycles. The molecule has 1 atom stereocenters. The van der Waals surface area contributed by atoms with Crippen molar-refractivity contribution in [2.45, 2.75) is 23.4 Å². The normalized spacial score (nSPS) is 11.7. The summed E-state index contributed by atoms with van der Waals surface area (Å²) in [6.45, 7) is 3.86. The topological polar surface area (TPSA) is 89.5 Å². The van der Waals surface area contributed by atoms with Gasteiger partial charge in [0.15, 0.2) is 15.8 Å². The van der Waals surface area contributed by atoms with Crippen LogP contribution in [0.15, 0.2) is 65.0 Å². The molecule has 0 fully saturated rings. The molecule has 7 nitrogen and oxygen atoms in total. The molecule has 0 saturated carbocycles. The van der Waals surface area contributed by atoms with Crippen LogP contribution in [-0.2, 0) is 4.79 Å². The smallest absolute Gasteiger partial charge is 0.255 e. The first-order chi connectivity index (χ1) is 16.9. The molecular weight excluding hydrogens is 482 g/mol. The fourth-order valence-electron chi connectivity index (χ4n) is 3.30. The highest BCUT2D eigenvalue weighted by Crippen LogP contribution is 2.34. The van der Waals surface area contributed by atoms with Gasteiger partial charge in [0.1, 0.15) is 0 Å². The minimum absolute atomic E-state index is 0.0824. The maximum Gasteiger partial charge on any atom is 0.255 e. The molecule has 0 bridgehead atoms. The lowest BCUT2D eigenvalue weighted by molar-refractivity contribution is -0.115. The molecule has 0 radical (unpaired) electrons. The van der Waals surface area contributed by atoms with Gasteiger partial charge in [-0.05, 0) is 62.4 Å². The van der Waals surface area contributed by atoms with Gasteiger partial charge in [-0.15, -0.1) is 11.3 Å². The van der Waals surface area contributed by atoms with Gasteiger partial charge in [-0.25, -0.2) is 4.98 Å². The van der Waals surface area contributed by atoms with Crippen molar-refractivity contribution in [2.75, 3.05) is 24.9 Å². The molecule has 4 aromatic rings. The van der Waals surface area contributed by atoms with Gasteiger partial charge in [0.25, 0.3) is 5.91 Å². The number of thiazole rings is 1. The average molecular weight is 508 g/mol. The highest BCUT2D eigenvalue weighted by atomic mass is 32.2. The number of nitrogens with zero attached hydrogens (tertiary/aromatic N) is 1. The summed E-state index contributed by atoms with van der Waals surface area (Å²) in [6, 6.07) is 18.3. The van der Waals surface area contributed by atoms with Crippen LogP contribution in [0.2, 0.25) is 0 Å². The van der Waals surface area contributed by atoms with E-state index in [0.29, 0.717) is 22.7 Å². The second kappa shape index (κ2) is 10.8. The molecule has 2 N–H and O–H groups in total. The van der Waals surface area contributed by atoms with Gasteiger partial charge in [0.05, 0.1) is 29.7 Å². The number of carbonyl (C=O) groups excluding carboxylic acids is 2. The van der Waals surface area contributed by atoms with Crippen molar-refractivity contribution in [3.63, 3.8) is 0 Å². The Hall–Kier alpha value is -3.56. The van der Waals surface area contributed by atoms with E-state index in [1.165, 1.54) is 30.2 Å². The quantitative estimate of drug-likeness (QED) is 0.285. The first-order valence-corrected chi connectivity index (χ1v) is 12.5. The van der Waals surface area contributed by atoms with Crippen LogP contribution in [0.4, 0.5) is 11.4 Å². The average Bonchev–Trinajstić information content (AvgIpc) is 3.26. The van der Waals surface area contributed by atoms with Gasteiger partial charge in [-0.2, -0.15) is 0 Å². The maximum atomic E-state index is 12.7. The van der Waals surface area contributed by atoms with E-state index >= 15 is 0 Å². The molecule has 180 valence electrons. The van der Waals surface area contributed by atoms with Crippen LogP contribution in [0.5, 0.6) is 11.5 Å². The van der Waals surface area contributed by atoms with Gasteiger partial charge in [-0.3, -0.25) is 9.59 Å². The second-order valence-electron chi connectivity index (χ2n) is 7.80. The zero-order chi connectivity index (χ0) is 24.9. The van der Waals surface area contributed by atoms with Gasteiger partial charge in [0, 0.05) is 16.9 Å². The Morgan fingerprint density at radius 1 is 0.914 bits per heavy atom. The van der Waals surface area contributed by atoms with Crippen molar-refractivity contribution >= 4 is 56.5 Å². The summed E-state index contributed by atoms with van der Waals surface area (Å²) >= 11 is 2.89. The van der Waals surface area contributed by atoms with Crippen molar-refractivity contribution < 1.29 is 19.1 Å². The molecule has 0 aliphatic carbocycles. The monoisotopic (exact) mass is 507 g/mol. The summed E-state index contributed by atoms with van der Waals surface area (Å²) in [5.74, 6) is 0.703. The van der Waals surface area contributed by atoms with Crippen molar-refractivity contribution in [3.8, 4) is 11.5 Å². The van der Waals surface area contributed by atoms with E-state index in [1.54, 1.807) is 25.3 Å². The fraction of sp³-hybridized carbons (Fsp3) is 0.192. The Bertz CT molecular complexity index is 1370. The van der Waals surface area contributed by atoms with Gasteiger partial charge in [0.2, 0.25) is 5.91 Å². The van der Waals surface area contributed by atoms with Crippen LogP contribution in [0.3, 0.4) is 0 Å². The van der Waals surface area contributed by atoms with Crippen LogP contribution in [0.25, 0.3) is 10.2 Å². The molecule has 9 heteroatoms. The van der Waals surface area contributed by atoms with Gasteiger partial charge in [-0.1, -0.05) is 29.5 Å². The van der Waals surface area contributed by atoms with Crippen molar-refractivity contribution in [3.05, 3.63) is 71.8 Å². The molecule has 0 saturated heterocycles. The number of aromatic nitrogens is 1. The minimum atomic E-state index is -0.318. The number of carbonyl (C=O) groups is 2. The first kappa shape index (κ1) is 24.6. The van der Waals surface area contributed by atoms with E-state index < -0.39 is 0 Å². The Kier molecular flexibility index (Phi) is 7.57. The number of methoxy groups -OCH3 is 2. The number of hydrogen-bond acceptors (Lipinski definition) is 7. The number of rotatable bonds is 8. The largest absolute Gasteiger partial charge is 0.493 e. The predicted molar refractivity (Wildman–Crippen MR) is 142 cm³/mol. The summed E-state index contributed by atoms with van der Waals surface area (Å²) in [6.07, 6.45) is 0. The number of fused-ring (bicyclic) bond motifs is 1. The number of thioether (sulfide) groups is 1. The van der Waals surface area contributed by atoms with Gasteiger partial charge >= 0.3 is 0 Å². The summed E-state index contributed by atoms with van der Waals surface area (Å²) < 4.78 is 12.2. The Morgan fingerprint density at radius 3 is 2.34 bits per heavy atom. The van der Waals surface area contributed by atoms with Gasteiger partial charge < -0.3 is 20.1 Å². The maximum absolute atomic E-state index is 12.7. The molecule has 3 aromatic carbocycles. The van der Waals surface area contributed by atoms with Crippen molar-refractivity contribution in [1.82, 2.24) is 4.98 Å². The molecule has 0 spiro atoms.